The van der Waals surface area contributed by atoms with Crippen molar-refractivity contribution in [1.29, 1.82) is 5.41 Å². The summed E-state index contributed by atoms with van der Waals surface area (Å²) in [6.07, 6.45) is 1.87. The highest BCUT2D eigenvalue weighted by Gasteiger charge is 2.28. The number of hydrogen-bond donors (Lipinski definition) is 4. The zero-order valence-electron chi connectivity index (χ0n) is 15.5. The van der Waals surface area contributed by atoms with Gasteiger partial charge in [-0.3, -0.25) is 5.41 Å². The van der Waals surface area contributed by atoms with Gasteiger partial charge in [0.2, 0.25) is 5.95 Å². The van der Waals surface area contributed by atoms with Crippen molar-refractivity contribution in [3.63, 3.8) is 0 Å². The molecule has 2 heterocycles. The third-order valence-electron chi connectivity index (χ3n) is 4.89. The molecule has 4 rings (SSSR count). The summed E-state index contributed by atoms with van der Waals surface area (Å²) in [6, 6.07) is 10.2. The number of hydrogen-bond acceptors (Lipinski definition) is 5. The second kappa shape index (κ2) is 7.62. The molecule has 4 N–H and O–H groups in total. The van der Waals surface area contributed by atoms with Gasteiger partial charge in [0.25, 0.3) is 0 Å². The Hall–Kier alpha value is -2.68. The van der Waals surface area contributed by atoms with Crippen LogP contribution in [-0.4, -0.2) is 26.2 Å². The summed E-state index contributed by atoms with van der Waals surface area (Å²) in [5.74, 6) is -0.0327. The Morgan fingerprint density at radius 3 is 2.90 bits per heavy atom. The molecule has 6 nitrogen and oxygen atoms in total. The van der Waals surface area contributed by atoms with Crippen molar-refractivity contribution >= 4 is 39.9 Å². The van der Waals surface area contributed by atoms with Crippen molar-refractivity contribution in [2.24, 2.45) is 0 Å². The largest absolute Gasteiger partial charge is 0.394 e. The molecule has 0 spiro atoms. The Morgan fingerprint density at radius 1 is 1.38 bits per heavy atom. The maximum absolute atomic E-state index is 13.5. The van der Waals surface area contributed by atoms with E-state index in [1.165, 1.54) is 23.5 Å². The molecule has 150 valence electrons. The molecule has 2 aromatic carbocycles. The molecule has 0 saturated carbocycles. The molecule has 1 atom stereocenters. The Bertz CT molecular complexity index is 1230. The second-order valence-electron chi connectivity index (χ2n) is 6.98. The number of anilines is 1. The lowest BCUT2D eigenvalue weighted by atomic mass is 9.93. The first kappa shape index (κ1) is 19.6. The highest BCUT2D eigenvalue weighted by atomic mass is 35.5. The Balaban J connectivity index is 1.68. The SMILES string of the molecule is CC(CO)(Nc1nc2c(Cn3ccsc3=N)cccc2[nH]1)c1ccc(F)c(Cl)c1. The van der Waals surface area contributed by atoms with Gasteiger partial charge in [0.1, 0.15) is 5.82 Å². The minimum Gasteiger partial charge on any atom is -0.394 e. The van der Waals surface area contributed by atoms with Crippen LogP contribution in [0, 0.1) is 11.2 Å². The topological polar surface area (TPSA) is 89.7 Å². The fourth-order valence-corrected chi connectivity index (χ4v) is 3.97. The number of fused-ring (bicyclic) bond motifs is 1. The average molecular weight is 432 g/mol. The van der Waals surface area contributed by atoms with E-state index in [2.05, 4.69) is 15.3 Å². The molecule has 0 aliphatic carbocycles. The lowest BCUT2D eigenvalue weighted by Gasteiger charge is -2.29. The summed E-state index contributed by atoms with van der Waals surface area (Å²) in [6.45, 7) is 2.08. The maximum atomic E-state index is 13.5. The molecule has 0 saturated heterocycles. The number of H-pyrrole nitrogens is 1. The number of aliphatic hydroxyl groups is 1. The number of aliphatic hydroxyl groups excluding tert-OH is 1. The number of aromatic amines is 1. The standard InChI is InChI=1S/C20H19ClFN5OS/c1-20(11-28,13-5-6-15(22)14(21)9-13)26-19-24-16-4-2-3-12(17(16)25-19)10-27-7-8-29-18(27)23/h2-9,23,28H,10-11H2,1H3,(H2,24,25,26). The van der Waals surface area contributed by atoms with Crippen molar-refractivity contribution < 1.29 is 9.50 Å². The molecule has 1 unspecified atom stereocenters. The number of benzene rings is 2. The quantitative estimate of drug-likeness (QED) is 0.371. The van der Waals surface area contributed by atoms with E-state index in [-0.39, 0.29) is 11.6 Å². The van der Waals surface area contributed by atoms with Gasteiger partial charge in [-0.15, -0.1) is 11.3 Å². The predicted octanol–water partition coefficient (Wildman–Crippen LogP) is 4.07. The molecule has 29 heavy (non-hydrogen) atoms. The van der Waals surface area contributed by atoms with Crippen molar-refractivity contribution in [2.75, 3.05) is 11.9 Å². The average Bonchev–Trinajstić information content (AvgIpc) is 3.30. The summed E-state index contributed by atoms with van der Waals surface area (Å²) >= 11 is 7.29. The van der Waals surface area contributed by atoms with Gasteiger partial charge >= 0.3 is 0 Å². The molecule has 2 aromatic heterocycles. The van der Waals surface area contributed by atoms with Crippen LogP contribution in [0.1, 0.15) is 18.1 Å². The smallest absolute Gasteiger partial charge is 0.201 e. The first-order chi connectivity index (χ1) is 13.9. The molecule has 0 fully saturated rings. The zero-order chi connectivity index (χ0) is 20.6. The highest BCUT2D eigenvalue weighted by Crippen LogP contribution is 2.29. The predicted molar refractivity (Wildman–Crippen MR) is 113 cm³/mol. The number of imidazole rings is 1. The summed E-state index contributed by atoms with van der Waals surface area (Å²) in [4.78, 5) is 8.36. The van der Waals surface area contributed by atoms with Crippen molar-refractivity contribution in [3.05, 3.63) is 74.7 Å². The van der Waals surface area contributed by atoms with Crippen LogP contribution in [0.2, 0.25) is 5.02 Å². The number of nitrogens with one attached hydrogen (secondary N) is 3. The summed E-state index contributed by atoms with van der Waals surface area (Å²) in [7, 11) is 0. The van der Waals surface area contributed by atoms with E-state index in [4.69, 9.17) is 17.0 Å². The van der Waals surface area contributed by atoms with Gasteiger partial charge in [-0.25, -0.2) is 9.37 Å². The fraction of sp³-hybridized carbons (Fsp3) is 0.200. The van der Waals surface area contributed by atoms with Gasteiger partial charge in [0.15, 0.2) is 4.80 Å². The van der Waals surface area contributed by atoms with Crippen LogP contribution < -0.4 is 10.1 Å². The summed E-state index contributed by atoms with van der Waals surface area (Å²) < 4.78 is 15.4. The van der Waals surface area contributed by atoms with Crippen LogP contribution >= 0.6 is 22.9 Å². The number of rotatable bonds is 6. The van der Waals surface area contributed by atoms with Gasteiger partial charge in [-0.05, 0) is 36.2 Å². The van der Waals surface area contributed by atoms with Gasteiger partial charge in [-0.1, -0.05) is 29.8 Å². The third-order valence-corrected chi connectivity index (χ3v) is 5.89. The molecule has 0 aliphatic rings. The summed E-state index contributed by atoms with van der Waals surface area (Å²) in [5, 5.41) is 23.1. The van der Waals surface area contributed by atoms with E-state index in [9.17, 15) is 9.50 Å². The third kappa shape index (κ3) is 3.78. The maximum Gasteiger partial charge on any atom is 0.201 e. The molecule has 0 aliphatic heterocycles. The van der Waals surface area contributed by atoms with Gasteiger partial charge < -0.3 is 20.0 Å². The van der Waals surface area contributed by atoms with E-state index in [0.29, 0.717) is 22.9 Å². The monoisotopic (exact) mass is 431 g/mol. The normalized spacial score (nSPS) is 13.5. The molecule has 0 amide bonds. The minimum absolute atomic E-state index is 0.00477. The summed E-state index contributed by atoms with van der Waals surface area (Å²) in [5.41, 5.74) is 2.32. The van der Waals surface area contributed by atoms with Crippen molar-refractivity contribution in [2.45, 2.75) is 19.0 Å². The van der Waals surface area contributed by atoms with Gasteiger partial charge in [0, 0.05) is 11.6 Å². The number of nitrogens with zero attached hydrogens (tertiary/aromatic N) is 2. The molecule has 4 aromatic rings. The van der Waals surface area contributed by atoms with E-state index in [1.807, 2.05) is 34.3 Å². The molecule has 9 heteroatoms. The number of para-hydroxylation sites is 1. The Labute approximate surface area is 175 Å². The van der Waals surface area contributed by atoms with E-state index in [1.54, 1.807) is 13.0 Å². The van der Waals surface area contributed by atoms with Gasteiger partial charge in [0.05, 0.1) is 34.7 Å². The van der Waals surface area contributed by atoms with Crippen LogP contribution in [-0.2, 0) is 12.1 Å². The number of thiazole rings is 1. The number of halogens is 2. The van der Waals surface area contributed by atoms with Crippen LogP contribution in [0.3, 0.4) is 0 Å². The molecule has 0 bridgehead atoms. The van der Waals surface area contributed by atoms with Crippen molar-refractivity contribution in [1.82, 2.24) is 14.5 Å². The van der Waals surface area contributed by atoms with E-state index in [0.717, 1.165) is 16.6 Å². The second-order valence-corrected chi connectivity index (χ2v) is 8.28. The minimum atomic E-state index is -0.915. The first-order valence-corrected chi connectivity index (χ1v) is 10.2. The van der Waals surface area contributed by atoms with Crippen LogP contribution in [0.5, 0.6) is 0 Å². The molecular weight excluding hydrogens is 413 g/mol. The Morgan fingerprint density at radius 2 is 2.21 bits per heavy atom. The van der Waals surface area contributed by atoms with Crippen LogP contribution in [0.25, 0.3) is 11.0 Å². The zero-order valence-corrected chi connectivity index (χ0v) is 17.1. The molecular formula is C20H19ClFN5OS. The molecule has 0 radical (unpaired) electrons. The van der Waals surface area contributed by atoms with Crippen LogP contribution in [0.4, 0.5) is 10.3 Å². The van der Waals surface area contributed by atoms with E-state index >= 15 is 0 Å². The van der Waals surface area contributed by atoms with Gasteiger partial charge in [-0.2, -0.15) is 0 Å². The fourth-order valence-electron chi connectivity index (χ4n) is 3.19. The first-order valence-electron chi connectivity index (χ1n) is 8.90. The lowest BCUT2D eigenvalue weighted by Crippen LogP contribution is -2.36. The van der Waals surface area contributed by atoms with Crippen LogP contribution in [0.15, 0.2) is 48.0 Å². The van der Waals surface area contributed by atoms with Crippen molar-refractivity contribution in [3.8, 4) is 0 Å². The lowest BCUT2D eigenvalue weighted by molar-refractivity contribution is 0.223. The Kier molecular flexibility index (Phi) is 5.16. The highest BCUT2D eigenvalue weighted by molar-refractivity contribution is 7.06. The van der Waals surface area contributed by atoms with E-state index < -0.39 is 11.4 Å². The number of aromatic nitrogens is 3.